The van der Waals surface area contributed by atoms with E-state index in [0.717, 1.165) is 18.4 Å². The van der Waals surface area contributed by atoms with Crippen molar-refractivity contribution in [2.45, 2.75) is 31.7 Å². The summed E-state index contributed by atoms with van der Waals surface area (Å²) in [6.07, 6.45) is 6.64. The van der Waals surface area contributed by atoms with Gasteiger partial charge in [0.15, 0.2) is 5.82 Å². The van der Waals surface area contributed by atoms with E-state index in [-0.39, 0.29) is 5.91 Å². The van der Waals surface area contributed by atoms with Crippen LogP contribution in [0.4, 0.5) is 5.69 Å². The highest BCUT2D eigenvalue weighted by atomic mass is 16.4. The number of carbonyl (C=O) groups excluding carboxylic acids is 1. The van der Waals surface area contributed by atoms with Crippen LogP contribution >= 0.6 is 0 Å². The summed E-state index contributed by atoms with van der Waals surface area (Å²) in [6, 6.07) is 7.66. The van der Waals surface area contributed by atoms with Crippen molar-refractivity contribution in [3.63, 3.8) is 0 Å². The van der Waals surface area contributed by atoms with Gasteiger partial charge in [-0.1, -0.05) is 24.3 Å². The fraction of sp³-hybridized carbons (Fsp3) is 0.389. The normalized spacial score (nSPS) is 22.2. The zero-order chi connectivity index (χ0) is 18.1. The number of carboxylic acids is 1. The molecule has 1 saturated carbocycles. The first-order valence-electron chi connectivity index (χ1n) is 8.70. The van der Waals surface area contributed by atoms with Crippen molar-refractivity contribution in [2.24, 2.45) is 11.8 Å². The number of amides is 1. The molecule has 1 heterocycles. The summed E-state index contributed by atoms with van der Waals surface area (Å²) in [5, 5.41) is 24.1. The van der Waals surface area contributed by atoms with Crippen LogP contribution < -0.4 is 5.32 Å². The van der Waals surface area contributed by atoms with Gasteiger partial charge in [0.2, 0.25) is 5.91 Å². The number of anilines is 1. The number of nitrogens with zero attached hydrogens (tertiary/aromatic N) is 4. The van der Waals surface area contributed by atoms with Crippen molar-refractivity contribution in [1.29, 1.82) is 0 Å². The molecular weight excluding hydrogens is 334 g/mol. The lowest BCUT2D eigenvalue weighted by molar-refractivity contribution is -0.146. The molecule has 1 fully saturated rings. The van der Waals surface area contributed by atoms with Crippen LogP contribution in [0.25, 0.3) is 11.4 Å². The van der Waals surface area contributed by atoms with Gasteiger partial charge in [0, 0.05) is 11.3 Å². The minimum absolute atomic E-state index is 0.277. The molecule has 134 valence electrons. The Balaban J connectivity index is 1.53. The van der Waals surface area contributed by atoms with Crippen LogP contribution in [-0.2, 0) is 9.59 Å². The fourth-order valence-electron chi connectivity index (χ4n) is 3.30. The molecule has 1 aromatic heterocycles. The Morgan fingerprint density at radius 2 is 1.92 bits per heavy atom. The maximum atomic E-state index is 12.6. The second-order valence-electron chi connectivity index (χ2n) is 6.74. The van der Waals surface area contributed by atoms with E-state index in [2.05, 4.69) is 20.8 Å². The molecule has 1 aromatic carbocycles. The van der Waals surface area contributed by atoms with Gasteiger partial charge in [-0.25, -0.2) is 4.68 Å². The summed E-state index contributed by atoms with van der Waals surface area (Å²) in [6.45, 7) is 0. The van der Waals surface area contributed by atoms with Crippen molar-refractivity contribution in [2.75, 3.05) is 5.32 Å². The largest absolute Gasteiger partial charge is 0.481 e. The third kappa shape index (κ3) is 3.22. The van der Waals surface area contributed by atoms with Crippen LogP contribution in [0.1, 0.15) is 31.7 Å². The molecule has 26 heavy (non-hydrogen) atoms. The lowest BCUT2D eigenvalue weighted by atomic mass is 9.82. The second kappa shape index (κ2) is 6.70. The van der Waals surface area contributed by atoms with Crippen molar-refractivity contribution in [1.82, 2.24) is 20.2 Å². The highest BCUT2D eigenvalue weighted by molar-refractivity contribution is 5.95. The Morgan fingerprint density at radius 1 is 1.15 bits per heavy atom. The van der Waals surface area contributed by atoms with Crippen molar-refractivity contribution >= 4 is 17.6 Å². The van der Waals surface area contributed by atoms with Crippen molar-refractivity contribution < 1.29 is 14.7 Å². The molecule has 2 atom stereocenters. The minimum Gasteiger partial charge on any atom is -0.481 e. The second-order valence-corrected chi connectivity index (χ2v) is 6.74. The van der Waals surface area contributed by atoms with E-state index in [4.69, 9.17) is 0 Å². The average molecular weight is 353 g/mol. The lowest BCUT2D eigenvalue weighted by Gasteiger charge is -2.24. The molecule has 1 amide bonds. The molecule has 0 spiro atoms. The predicted molar refractivity (Wildman–Crippen MR) is 93.1 cm³/mol. The quantitative estimate of drug-likeness (QED) is 0.798. The van der Waals surface area contributed by atoms with Crippen LogP contribution in [-0.4, -0.2) is 37.2 Å². The van der Waals surface area contributed by atoms with Gasteiger partial charge >= 0.3 is 5.97 Å². The maximum absolute atomic E-state index is 12.6. The Bertz CT molecular complexity index is 871. The first-order chi connectivity index (χ1) is 12.6. The van der Waals surface area contributed by atoms with E-state index in [9.17, 15) is 14.7 Å². The van der Waals surface area contributed by atoms with Crippen molar-refractivity contribution in [3.05, 3.63) is 36.4 Å². The summed E-state index contributed by atoms with van der Waals surface area (Å²) in [4.78, 5) is 24.0. The number of tetrazole rings is 1. The third-order valence-electron chi connectivity index (χ3n) is 4.86. The summed E-state index contributed by atoms with van der Waals surface area (Å²) >= 11 is 0. The number of hydrogen-bond acceptors (Lipinski definition) is 5. The van der Waals surface area contributed by atoms with Crippen molar-refractivity contribution in [3.8, 4) is 11.4 Å². The van der Waals surface area contributed by atoms with Crippen LogP contribution in [0.2, 0.25) is 0 Å². The van der Waals surface area contributed by atoms with Gasteiger partial charge in [-0.3, -0.25) is 9.59 Å². The highest BCUT2D eigenvalue weighted by Gasteiger charge is 2.34. The third-order valence-corrected chi connectivity index (χ3v) is 4.86. The number of aromatic nitrogens is 4. The molecule has 2 aromatic rings. The standard InChI is InChI=1S/C18H19N5O3/c24-17(14-6-1-2-7-15(14)18(25)26)19-12-5-3-4-11(10-12)16-20-21-22-23(16)13-8-9-13/h1-5,10,13-15H,6-9H2,(H,19,24)(H,25,26). The highest BCUT2D eigenvalue weighted by Crippen LogP contribution is 2.37. The first kappa shape index (κ1) is 16.4. The number of carboxylic acid groups (broad SMARTS) is 1. The van der Waals surface area contributed by atoms with Crippen LogP contribution in [0.15, 0.2) is 36.4 Å². The Kier molecular flexibility index (Phi) is 4.24. The number of rotatable bonds is 5. The summed E-state index contributed by atoms with van der Waals surface area (Å²) in [5.41, 5.74) is 1.43. The van der Waals surface area contributed by atoms with Gasteiger partial charge in [0.25, 0.3) is 0 Å². The van der Waals surface area contributed by atoms with Crippen LogP contribution in [0.3, 0.4) is 0 Å². The topological polar surface area (TPSA) is 110 Å². The van der Waals surface area contributed by atoms with E-state index >= 15 is 0 Å². The van der Waals surface area contributed by atoms with Gasteiger partial charge in [-0.15, -0.1) is 5.10 Å². The van der Waals surface area contributed by atoms with Gasteiger partial charge in [-0.05, 0) is 48.2 Å². The van der Waals surface area contributed by atoms with E-state index < -0.39 is 17.8 Å². The molecule has 0 bridgehead atoms. The Morgan fingerprint density at radius 3 is 2.65 bits per heavy atom. The predicted octanol–water partition coefficient (Wildman–Crippen LogP) is 2.28. The fourth-order valence-corrected chi connectivity index (χ4v) is 3.30. The molecule has 4 rings (SSSR count). The first-order valence-corrected chi connectivity index (χ1v) is 8.70. The molecule has 8 nitrogen and oxygen atoms in total. The smallest absolute Gasteiger partial charge is 0.307 e. The summed E-state index contributed by atoms with van der Waals surface area (Å²) in [5.74, 6) is -1.80. The van der Waals surface area contributed by atoms with Gasteiger partial charge in [-0.2, -0.15) is 0 Å². The molecule has 2 unspecified atom stereocenters. The van der Waals surface area contributed by atoms with E-state index in [1.54, 1.807) is 6.07 Å². The lowest BCUT2D eigenvalue weighted by Crippen LogP contribution is -2.34. The van der Waals surface area contributed by atoms with Gasteiger partial charge in [0.05, 0.1) is 17.9 Å². The molecule has 0 radical (unpaired) electrons. The SMILES string of the molecule is O=C(O)C1CC=CCC1C(=O)Nc1cccc(-c2nnnn2C2CC2)c1. The van der Waals surface area contributed by atoms with E-state index in [1.165, 1.54) is 0 Å². The number of allylic oxidation sites excluding steroid dienone is 2. The molecular formula is C18H19N5O3. The summed E-state index contributed by atoms with van der Waals surface area (Å²) < 4.78 is 1.81. The number of aliphatic carboxylic acids is 1. The molecule has 2 aliphatic rings. The molecule has 0 aliphatic heterocycles. The molecule has 8 heteroatoms. The average Bonchev–Trinajstić information content (AvgIpc) is 3.38. The Labute approximate surface area is 149 Å². The number of benzene rings is 1. The zero-order valence-electron chi connectivity index (χ0n) is 14.1. The maximum Gasteiger partial charge on any atom is 0.307 e. The molecule has 2 N–H and O–H groups in total. The van der Waals surface area contributed by atoms with Crippen LogP contribution in [0, 0.1) is 11.8 Å². The minimum atomic E-state index is -0.938. The van der Waals surface area contributed by atoms with Crippen LogP contribution in [0.5, 0.6) is 0 Å². The van der Waals surface area contributed by atoms with Gasteiger partial charge in [0.1, 0.15) is 0 Å². The summed E-state index contributed by atoms with van der Waals surface area (Å²) in [7, 11) is 0. The molecule has 0 saturated heterocycles. The zero-order valence-corrected chi connectivity index (χ0v) is 14.1. The monoisotopic (exact) mass is 353 g/mol. The number of carbonyl (C=O) groups is 2. The molecule has 2 aliphatic carbocycles. The van der Waals surface area contributed by atoms with E-state index in [1.807, 2.05) is 35.0 Å². The van der Waals surface area contributed by atoms with E-state index in [0.29, 0.717) is 30.4 Å². The number of hydrogen-bond donors (Lipinski definition) is 2. The van der Waals surface area contributed by atoms with Gasteiger partial charge < -0.3 is 10.4 Å². The Hall–Kier alpha value is -3.03. The number of nitrogens with one attached hydrogen (secondary N) is 1.